The molecule has 2 N–H and O–H groups in total. The molecule has 0 aromatic heterocycles. The molecule has 1 aromatic rings. The Balaban J connectivity index is 2.86. The lowest BCUT2D eigenvalue weighted by Gasteiger charge is -2.19. The Morgan fingerprint density at radius 2 is 1.38 bits per heavy atom. The van der Waals surface area contributed by atoms with E-state index in [1.165, 1.54) is 11.9 Å². The topological polar surface area (TPSA) is 104 Å². The first-order valence-corrected chi connectivity index (χ1v) is 9.90. The normalized spacial score (nSPS) is 11.5. The van der Waals surface area contributed by atoms with Crippen LogP contribution in [0.2, 0.25) is 0 Å². The number of rotatable bonds is 8. The Morgan fingerprint density at radius 1 is 0.923 bits per heavy atom. The van der Waals surface area contributed by atoms with Gasteiger partial charge in [0, 0.05) is 26.6 Å². The van der Waals surface area contributed by atoms with Crippen molar-refractivity contribution in [1.29, 1.82) is 0 Å². The van der Waals surface area contributed by atoms with E-state index in [2.05, 4.69) is 4.72 Å². The van der Waals surface area contributed by atoms with Crippen molar-refractivity contribution in [3.05, 3.63) is 27.8 Å². The average molecular weight is 384 g/mol. The zero-order valence-electron chi connectivity index (χ0n) is 16.3. The third kappa shape index (κ3) is 5.04. The number of carboxylic acid groups (broad SMARTS) is 1. The van der Waals surface area contributed by atoms with Crippen molar-refractivity contribution in [1.82, 2.24) is 9.62 Å². The molecule has 26 heavy (non-hydrogen) atoms. The maximum absolute atomic E-state index is 12.7. The summed E-state index contributed by atoms with van der Waals surface area (Å²) in [7, 11) is -2.24. The Bertz CT molecular complexity index is 786. The lowest BCUT2D eigenvalue weighted by atomic mass is 9.95. The number of nitrogens with one attached hydrogen (secondary N) is 1. The van der Waals surface area contributed by atoms with Crippen molar-refractivity contribution in [2.75, 3.05) is 20.1 Å². The molecule has 0 aliphatic carbocycles. The molecule has 0 radical (unpaired) electrons. The van der Waals surface area contributed by atoms with E-state index in [-0.39, 0.29) is 36.7 Å². The van der Waals surface area contributed by atoms with Gasteiger partial charge in [-0.1, -0.05) is 0 Å². The van der Waals surface area contributed by atoms with Crippen LogP contribution >= 0.6 is 0 Å². The second kappa shape index (κ2) is 8.64. The van der Waals surface area contributed by atoms with Gasteiger partial charge in [-0.3, -0.25) is 9.59 Å². The molecular formula is C18H28N2O5S. The van der Waals surface area contributed by atoms with E-state index >= 15 is 0 Å². The van der Waals surface area contributed by atoms with Gasteiger partial charge in [-0.15, -0.1) is 0 Å². The lowest BCUT2D eigenvalue weighted by molar-refractivity contribution is -0.138. The summed E-state index contributed by atoms with van der Waals surface area (Å²) in [5, 5.41) is 8.64. The monoisotopic (exact) mass is 384 g/mol. The molecule has 0 saturated heterocycles. The minimum Gasteiger partial charge on any atom is -0.481 e. The summed E-state index contributed by atoms with van der Waals surface area (Å²) in [4.78, 5) is 24.1. The van der Waals surface area contributed by atoms with E-state index in [9.17, 15) is 18.0 Å². The smallest absolute Gasteiger partial charge is 0.305 e. The van der Waals surface area contributed by atoms with Crippen LogP contribution in [0.3, 0.4) is 0 Å². The highest BCUT2D eigenvalue weighted by Gasteiger charge is 2.23. The summed E-state index contributed by atoms with van der Waals surface area (Å²) in [5.74, 6) is -1.29. The number of carbonyl (C=O) groups excluding carboxylic acids is 1. The molecule has 0 heterocycles. The van der Waals surface area contributed by atoms with Gasteiger partial charge in [0.1, 0.15) is 0 Å². The van der Waals surface area contributed by atoms with Gasteiger partial charge in [0.15, 0.2) is 0 Å². The Morgan fingerprint density at radius 3 is 1.85 bits per heavy atom. The molecule has 0 unspecified atom stereocenters. The van der Waals surface area contributed by atoms with Crippen LogP contribution in [0.1, 0.15) is 40.7 Å². The minimum atomic E-state index is -3.75. The van der Waals surface area contributed by atoms with Crippen molar-refractivity contribution in [3.63, 3.8) is 0 Å². The van der Waals surface area contributed by atoms with Crippen LogP contribution in [0.4, 0.5) is 0 Å². The number of amides is 1. The summed E-state index contributed by atoms with van der Waals surface area (Å²) in [6, 6.07) is 0. The van der Waals surface area contributed by atoms with Crippen molar-refractivity contribution >= 4 is 21.9 Å². The summed E-state index contributed by atoms with van der Waals surface area (Å²) in [6.45, 7) is 9.40. The number of nitrogens with zero attached hydrogens (tertiary/aromatic N) is 1. The SMILES string of the molecule is Cc1c(C)c(C)c(S(=O)(=O)NCCC(=O)N(C)CCC(=O)O)c(C)c1C. The van der Waals surface area contributed by atoms with Gasteiger partial charge in [0.25, 0.3) is 0 Å². The van der Waals surface area contributed by atoms with Gasteiger partial charge in [0.05, 0.1) is 11.3 Å². The first kappa shape index (κ1) is 22.1. The quantitative estimate of drug-likeness (QED) is 0.712. The zero-order valence-corrected chi connectivity index (χ0v) is 17.1. The summed E-state index contributed by atoms with van der Waals surface area (Å²) >= 11 is 0. The highest BCUT2D eigenvalue weighted by atomic mass is 32.2. The van der Waals surface area contributed by atoms with Crippen LogP contribution in [-0.2, 0) is 19.6 Å². The standard InChI is InChI=1S/C18H28N2O5S/c1-11-12(2)14(4)18(15(5)13(11)3)26(24,25)19-9-7-16(21)20(6)10-8-17(22)23/h19H,7-10H2,1-6H3,(H,22,23). The van der Waals surface area contributed by atoms with E-state index in [1.807, 2.05) is 20.8 Å². The van der Waals surface area contributed by atoms with Crippen molar-refractivity contribution in [2.45, 2.75) is 52.4 Å². The Kier molecular flexibility index (Phi) is 7.35. The van der Waals surface area contributed by atoms with E-state index in [0.717, 1.165) is 16.7 Å². The van der Waals surface area contributed by atoms with Gasteiger partial charge in [-0.2, -0.15) is 0 Å². The van der Waals surface area contributed by atoms with Crippen LogP contribution in [-0.4, -0.2) is 50.4 Å². The molecule has 7 nitrogen and oxygen atoms in total. The molecule has 0 bridgehead atoms. The third-order valence-electron chi connectivity index (χ3n) is 4.92. The fourth-order valence-corrected chi connectivity index (χ4v) is 4.44. The van der Waals surface area contributed by atoms with Gasteiger partial charge in [0.2, 0.25) is 15.9 Å². The molecule has 0 spiro atoms. The van der Waals surface area contributed by atoms with E-state index in [0.29, 0.717) is 11.1 Å². The molecule has 0 atom stereocenters. The second-order valence-electron chi connectivity index (χ2n) is 6.56. The number of benzene rings is 1. The minimum absolute atomic E-state index is 0.0305. The average Bonchev–Trinajstić information content (AvgIpc) is 2.55. The molecular weight excluding hydrogens is 356 g/mol. The zero-order chi connectivity index (χ0) is 20.2. The molecule has 0 aliphatic heterocycles. The molecule has 1 amide bonds. The molecule has 146 valence electrons. The first-order chi connectivity index (χ1) is 11.9. The predicted octanol–water partition coefficient (Wildman–Crippen LogP) is 1.83. The van der Waals surface area contributed by atoms with Gasteiger partial charge in [-0.25, -0.2) is 13.1 Å². The maximum atomic E-state index is 12.7. The first-order valence-electron chi connectivity index (χ1n) is 8.42. The number of carbonyl (C=O) groups is 2. The van der Waals surface area contributed by atoms with E-state index in [1.54, 1.807) is 13.8 Å². The highest BCUT2D eigenvalue weighted by molar-refractivity contribution is 7.89. The summed E-state index contributed by atoms with van der Waals surface area (Å²) < 4.78 is 28.0. The van der Waals surface area contributed by atoms with Crippen LogP contribution in [0.5, 0.6) is 0 Å². The Labute approximate surface area is 155 Å². The number of hydrogen-bond donors (Lipinski definition) is 2. The van der Waals surface area contributed by atoms with Crippen LogP contribution in [0.25, 0.3) is 0 Å². The predicted molar refractivity (Wildman–Crippen MR) is 99.8 cm³/mol. The van der Waals surface area contributed by atoms with E-state index < -0.39 is 16.0 Å². The van der Waals surface area contributed by atoms with Crippen molar-refractivity contribution < 1.29 is 23.1 Å². The molecule has 0 aliphatic rings. The summed E-state index contributed by atoms with van der Waals surface area (Å²) in [5.41, 5.74) is 4.39. The molecule has 8 heteroatoms. The molecule has 0 saturated carbocycles. The maximum Gasteiger partial charge on any atom is 0.305 e. The molecule has 0 fully saturated rings. The van der Waals surface area contributed by atoms with Gasteiger partial charge >= 0.3 is 5.97 Å². The second-order valence-corrected chi connectivity index (χ2v) is 8.26. The fraction of sp³-hybridized carbons (Fsp3) is 0.556. The van der Waals surface area contributed by atoms with E-state index in [4.69, 9.17) is 5.11 Å². The van der Waals surface area contributed by atoms with Crippen LogP contribution in [0.15, 0.2) is 4.90 Å². The number of sulfonamides is 1. The number of carboxylic acids is 1. The lowest BCUT2D eigenvalue weighted by Crippen LogP contribution is -2.33. The van der Waals surface area contributed by atoms with Crippen molar-refractivity contribution in [2.24, 2.45) is 0 Å². The largest absolute Gasteiger partial charge is 0.481 e. The van der Waals surface area contributed by atoms with Gasteiger partial charge < -0.3 is 10.0 Å². The Hall–Kier alpha value is -1.93. The van der Waals surface area contributed by atoms with Crippen LogP contribution in [0, 0.1) is 34.6 Å². The number of hydrogen-bond acceptors (Lipinski definition) is 4. The van der Waals surface area contributed by atoms with Crippen LogP contribution < -0.4 is 4.72 Å². The fourth-order valence-electron chi connectivity index (χ4n) is 2.81. The van der Waals surface area contributed by atoms with Crippen molar-refractivity contribution in [3.8, 4) is 0 Å². The number of aliphatic carboxylic acids is 1. The molecule has 1 aromatic carbocycles. The summed E-state index contributed by atoms with van der Waals surface area (Å²) in [6.07, 6.45) is -0.175. The molecule has 1 rings (SSSR count). The third-order valence-corrected chi connectivity index (χ3v) is 6.65. The highest BCUT2D eigenvalue weighted by Crippen LogP contribution is 2.29. The van der Waals surface area contributed by atoms with Gasteiger partial charge in [-0.05, 0) is 62.4 Å².